The zero-order chi connectivity index (χ0) is 26.4. The van der Waals surface area contributed by atoms with Crippen molar-refractivity contribution < 1.29 is 22.6 Å². The van der Waals surface area contributed by atoms with Gasteiger partial charge in [-0.3, -0.25) is 0 Å². The Bertz CT molecular complexity index is 1380. The predicted octanol–water partition coefficient (Wildman–Crippen LogP) is 6.94. The smallest absolute Gasteiger partial charge is 0.214 e. The molecule has 0 saturated heterocycles. The Labute approximate surface area is 214 Å². The molecule has 0 spiro atoms. The number of rotatable bonds is 9. The Morgan fingerprint density at radius 3 is 2.54 bits per heavy atom. The van der Waals surface area contributed by atoms with Crippen molar-refractivity contribution >= 4 is 0 Å². The number of ether oxygens (including phenoxy) is 2. The first kappa shape index (κ1) is 26.2. The van der Waals surface area contributed by atoms with E-state index in [1.165, 1.54) is 18.2 Å². The minimum atomic E-state index is -0.584. The first-order valence-electron chi connectivity index (χ1n) is 12.0. The SMILES string of the molecule is COCCC1C=C(C)C=CC1Cc1cc(F)c(-c2cccc(OCc3ccc(C#N)cc3F)n2)cc1F. The van der Waals surface area contributed by atoms with Crippen molar-refractivity contribution in [3.05, 3.63) is 106 Å². The zero-order valence-electron chi connectivity index (χ0n) is 20.7. The molecule has 4 nitrogen and oxygen atoms in total. The molecule has 1 aliphatic rings. The van der Waals surface area contributed by atoms with E-state index < -0.39 is 17.5 Å². The Morgan fingerprint density at radius 2 is 1.78 bits per heavy atom. The molecule has 37 heavy (non-hydrogen) atoms. The molecule has 190 valence electrons. The molecule has 2 unspecified atom stereocenters. The van der Waals surface area contributed by atoms with Crippen LogP contribution in [0.25, 0.3) is 11.3 Å². The maximum Gasteiger partial charge on any atom is 0.214 e. The highest BCUT2D eigenvalue weighted by atomic mass is 19.1. The second-order valence-corrected chi connectivity index (χ2v) is 9.07. The van der Waals surface area contributed by atoms with Crippen LogP contribution in [0.1, 0.15) is 30.0 Å². The number of aromatic nitrogens is 1. The molecular weight excluding hydrogens is 477 g/mol. The average molecular weight is 505 g/mol. The summed E-state index contributed by atoms with van der Waals surface area (Å²) in [7, 11) is 1.65. The Balaban J connectivity index is 1.50. The van der Waals surface area contributed by atoms with Crippen molar-refractivity contribution in [1.29, 1.82) is 5.26 Å². The number of hydrogen-bond acceptors (Lipinski definition) is 4. The van der Waals surface area contributed by atoms with Crippen LogP contribution in [0.4, 0.5) is 13.2 Å². The fraction of sp³-hybridized carbons (Fsp3) is 0.267. The third-order valence-corrected chi connectivity index (χ3v) is 6.44. The summed E-state index contributed by atoms with van der Waals surface area (Å²) in [6.07, 6.45) is 7.39. The van der Waals surface area contributed by atoms with Crippen molar-refractivity contribution in [2.45, 2.75) is 26.4 Å². The molecular formula is C30H27F3N2O2. The zero-order valence-corrected chi connectivity index (χ0v) is 20.7. The fourth-order valence-corrected chi connectivity index (χ4v) is 4.43. The second-order valence-electron chi connectivity index (χ2n) is 9.07. The van der Waals surface area contributed by atoms with Gasteiger partial charge in [-0.05, 0) is 67.5 Å². The molecule has 2 aromatic carbocycles. The molecule has 1 aromatic heterocycles. The van der Waals surface area contributed by atoms with Crippen LogP contribution >= 0.6 is 0 Å². The number of benzene rings is 2. The molecule has 7 heteroatoms. The maximum atomic E-state index is 15.2. The van der Waals surface area contributed by atoms with E-state index in [1.807, 2.05) is 19.1 Å². The van der Waals surface area contributed by atoms with Crippen LogP contribution in [-0.2, 0) is 17.8 Å². The number of hydrogen-bond donors (Lipinski definition) is 0. The van der Waals surface area contributed by atoms with Crippen molar-refractivity contribution in [2.24, 2.45) is 11.8 Å². The normalized spacial score (nSPS) is 16.8. The quantitative estimate of drug-likeness (QED) is 0.317. The van der Waals surface area contributed by atoms with Crippen LogP contribution in [0.15, 0.2) is 72.3 Å². The molecule has 0 amide bonds. The largest absolute Gasteiger partial charge is 0.473 e. The number of nitriles is 1. The molecule has 3 aromatic rings. The number of allylic oxidation sites excluding steroid dienone is 4. The average Bonchev–Trinajstić information content (AvgIpc) is 2.90. The summed E-state index contributed by atoms with van der Waals surface area (Å²) in [6, 6.07) is 13.1. The molecule has 4 rings (SSSR count). The van der Waals surface area contributed by atoms with E-state index in [2.05, 4.69) is 17.1 Å². The van der Waals surface area contributed by atoms with Crippen LogP contribution < -0.4 is 4.74 Å². The van der Waals surface area contributed by atoms with Crippen molar-refractivity contribution in [3.63, 3.8) is 0 Å². The minimum Gasteiger partial charge on any atom is -0.473 e. The van der Waals surface area contributed by atoms with E-state index in [4.69, 9.17) is 14.7 Å². The van der Waals surface area contributed by atoms with Gasteiger partial charge in [0.05, 0.1) is 17.3 Å². The van der Waals surface area contributed by atoms with Crippen LogP contribution in [0.2, 0.25) is 0 Å². The van der Waals surface area contributed by atoms with E-state index in [9.17, 15) is 4.39 Å². The monoisotopic (exact) mass is 504 g/mol. The van der Waals surface area contributed by atoms with Crippen LogP contribution in [0.3, 0.4) is 0 Å². The van der Waals surface area contributed by atoms with E-state index in [0.29, 0.717) is 18.6 Å². The molecule has 1 aliphatic carbocycles. The van der Waals surface area contributed by atoms with E-state index >= 15 is 8.78 Å². The van der Waals surface area contributed by atoms with Crippen LogP contribution in [0.5, 0.6) is 5.88 Å². The van der Waals surface area contributed by atoms with E-state index in [1.54, 1.807) is 25.3 Å². The lowest BCUT2D eigenvalue weighted by Crippen LogP contribution is -2.19. The summed E-state index contributed by atoms with van der Waals surface area (Å²) in [4.78, 5) is 4.29. The van der Waals surface area contributed by atoms with Crippen molar-refractivity contribution in [3.8, 4) is 23.2 Å². The highest BCUT2D eigenvalue weighted by Crippen LogP contribution is 2.32. The molecule has 0 N–H and O–H groups in total. The minimum absolute atomic E-state index is 0.0158. The maximum absolute atomic E-state index is 15.2. The lowest BCUT2D eigenvalue weighted by molar-refractivity contribution is 0.176. The predicted molar refractivity (Wildman–Crippen MR) is 135 cm³/mol. The third kappa shape index (κ3) is 6.46. The van der Waals surface area contributed by atoms with Gasteiger partial charge in [0.15, 0.2) is 0 Å². The Hall–Kier alpha value is -3.89. The summed E-state index contributed by atoms with van der Waals surface area (Å²) in [6.45, 7) is 2.49. The topological polar surface area (TPSA) is 55.1 Å². The van der Waals surface area contributed by atoms with Gasteiger partial charge >= 0.3 is 0 Å². The number of methoxy groups -OCH3 is 1. The number of nitrogens with zero attached hydrogens (tertiary/aromatic N) is 2. The molecule has 2 atom stereocenters. The highest BCUT2D eigenvalue weighted by Gasteiger charge is 2.23. The van der Waals surface area contributed by atoms with Crippen molar-refractivity contribution in [2.75, 3.05) is 13.7 Å². The van der Waals surface area contributed by atoms with Crippen molar-refractivity contribution in [1.82, 2.24) is 4.98 Å². The third-order valence-electron chi connectivity index (χ3n) is 6.44. The molecule has 0 saturated carbocycles. The molecule has 0 aliphatic heterocycles. The first-order chi connectivity index (χ1) is 17.9. The van der Waals surface area contributed by atoms with Gasteiger partial charge in [-0.15, -0.1) is 0 Å². The standard InChI is InChI=1S/C30H27F3N2O2/c1-19-6-8-21(22(12-19)10-11-36-2)14-24-15-28(33)25(16-27(24)32)29-4-3-5-30(35-29)37-18-23-9-7-20(17-34)13-26(23)31/h3-9,12-13,15-16,21-22H,10-11,14,18H2,1-2H3. The molecule has 0 fully saturated rings. The summed E-state index contributed by atoms with van der Waals surface area (Å²) >= 11 is 0. The summed E-state index contributed by atoms with van der Waals surface area (Å²) in [5.74, 6) is -1.30. The second kappa shape index (κ2) is 11.9. The lowest BCUT2D eigenvalue weighted by Gasteiger charge is -2.26. The summed E-state index contributed by atoms with van der Waals surface area (Å²) < 4.78 is 55.2. The van der Waals surface area contributed by atoms with Crippen LogP contribution in [0, 0.1) is 40.6 Å². The highest BCUT2D eigenvalue weighted by molar-refractivity contribution is 5.61. The van der Waals surface area contributed by atoms with Gasteiger partial charge in [0, 0.05) is 30.9 Å². The van der Waals surface area contributed by atoms with Gasteiger partial charge in [-0.2, -0.15) is 5.26 Å². The van der Waals surface area contributed by atoms with Gasteiger partial charge in [0.25, 0.3) is 0 Å². The number of halogens is 3. The molecule has 1 heterocycles. The first-order valence-corrected chi connectivity index (χ1v) is 12.0. The Morgan fingerprint density at radius 1 is 0.973 bits per heavy atom. The van der Waals surface area contributed by atoms with Gasteiger partial charge < -0.3 is 9.47 Å². The van der Waals surface area contributed by atoms with E-state index in [0.717, 1.165) is 24.1 Å². The molecule has 0 radical (unpaired) electrons. The van der Waals surface area contributed by atoms with Crippen LogP contribution in [-0.4, -0.2) is 18.7 Å². The van der Waals surface area contributed by atoms with E-state index in [-0.39, 0.29) is 46.7 Å². The Kier molecular flexibility index (Phi) is 8.42. The lowest BCUT2D eigenvalue weighted by atomic mass is 9.80. The summed E-state index contributed by atoms with van der Waals surface area (Å²) in [5, 5.41) is 8.87. The fourth-order valence-electron chi connectivity index (χ4n) is 4.43. The molecule has 0 bridgehead atoms. The van der Waals surface area contributed by atoms with Gasteiger partial charge in [0.2, 0.25) is 5.88 Å². The summed E-state index contributed by atoms with van der Waals surface area (Å²) in [5.41, 5.74) is 2.12. The van der Waals surface area contributed by atoms with Gasteiger partial charge in [-0.1, -0.05) is 35.9 Å². The van der Waals surface area contributed by atoms with Gasteiger partial charge in [0.1, 0.15) is 24.1 Å². The number of pyridine rings is 1. The van der Waals surface area contributed by atoms with Gasteiger partial charge in [-0.25, -0.2) is 18.2 Å².